The summed E-state index contributed by atoms with van der Waals surface area (Å²) in [6.45, 7) is 4.66. The van der Waals surface area contributed by atoms with Gasteiger partial charge in [-0.3, -0.25) is 0 Å². The first-order valence-corrected chi connectivity index (χ1v) is 18.2. The summed E-state index contributed by atoms with van der Waals surface area (Å²) < 4.78 is 13.1. The number of ether oxygens (including phenoxy) is 1. The zero-order chi connectivity index (χ0) is 35.3. The summed E-state index contributed by atoms with van der Waals surface area (Å²) in [7, 11) is 0. The molecule has 0 fully saturated rings. The molecule has 0 bridgehead atoms. The summed E-state index contributed by atoms with van der Waals surface area (Å²) in [5.74, 6) is 1.58. The van der Waals surface area contributed by atoms with Crippen LogP contribution in [0.5, 0.6) is 11.5 Å². The van der Waals surface area contributed by atoms with Crippen molar-refractivity contribution in [3.63, 3.8) is 0 Å². The average molecular weight is 683 g/mol. The quantitative estimate of drug-likeness (QED) is 0.185. The van der Waals surface area contributed by atoms with Crippen LogP contribution in [0.1, 0.15) is 25.0 Å². The van der Waals surface area contributed by atoms with Crippen molar-refractivity contribution in [1.82, 2.24) is 0 Å². The first-order valence-electron chi connectivity index (χ1n) is 18.2. The Balaban J connectivity index is 1.09. The molecule has 9 aromatic rings. The van der Waals surface area contributed by atoms with Crippen molar-refractivity contribution < 1.29 is 9.15 Å². The number of hydrogen-bond donors (Lipinski definition) is 0. The number of hydrogen-bond acceptors (Lipinski definition) is 4. The number of furan rings is 1. The van der Waals surface area contributed by atoms with Gasteiger partial charge >= 0.3 is 0 Å². The van der Waals surface area contributed by atoms with Crippen LogP contribution in [0.15, 0.2) is 174 Å². The molecule has 11 rings (SSSR count). The molecule has 1 aliphatic carbocycles. The number of fused-ring (bicyclic) bond motifs is 9. The number of rotatable bonds is 4. The first kappa shape index (κ1) is 29.9. The van der Waals surface area contributed by atoms with Gasteiger partial charge in [0.15, 0.2) is 11.5 Å². The lowest BCUT2D eigenvalue weighted by Crippen LogP contribution is -2.17. The Bertz CT molecular complexity index is 2940. The molecule has 1 aromatic heterocycles. The summed E-state index contributed by atoms with van der Waals surface area (Å²) in [4.78, 5) is 4.63. The van der Waals surface area contributed by atoms with Crippen LogP contribution in [0.3, 0.4) is 0 Å². The molecule has 0 radical (unpaired) electrons. The highest BCUT2D eigenvalue weighted by Crippen LogP contribution is 2.54. The molecule has 0 N–H and O–H groups in total. The Morgan fingerprint density at radius 2 is 1.15 bits per heavy atom. The molecule has 0 saturated heterocycles. The molecule has 2 heterocycles. The smallest absolute Gasteiger partial charge is 0.153 e. The van der Waals surface area contributed by atoms with E-state index in [4.69, 9.17) is 9.15 Å². The predicted octanol–water partition coefficient (Wildman–Crippen LogP) is 14.1. The highest BCUT2D eigenvalue weighted by Gasteiger charge is 2.36. The van der Waals surface area contributed by atoms with Crippen molar-refractivity contribution in [1.29, 1.82) is 0 Å². The van der Waals surface area contributed by atoms with Crippen LogP contribution in [-0.2, 0) is 5.41 Å². The zero-order valence-corrected chi connectivity index (χ0v) is 29.4. The third kappa shape index (κ3) is 4.49. The van der Waals surface area contributed by atoms with Gasteiger partial charge in [-0.1, -0.05) is 105 Å². The van der Waals surface area contributed by atoms with Gasteiger partial charge in [0.05, 0.1) is 17.1 Å². The van der Waals surface area contributed by atoms with Crippen molar-refractivity contribution in [3.05, 3.63) is 181 Å². The number of anilines is 6. The van der Waals surface area contributed by atoms with E-state index in [1.807, 2.05) is 24.3 Å². The number of para-hydroxylation sites is 3. The van der Waals surface area contributed by atoms with Crippen LogP contribution in [0.4, 0.5) is 34.1 Å². The minimum Gasteiger partial charge on any atom is -0.456 e. The molecule has 1 aliphatic heterocycles. The minimum atomic E-state index is -0.0693. The zero-order valence-electron chi connectivity index (χ0n) is 29.4. The van der Waals surface area contributed by atoms with Crippen LogP contribution in [-0.4, -0.2) is 0 Å². The Morgan fingerprint density at radius 3 is 2.09 bits per heavy atom. The molecule has 0 atom stereocenters. The lowest BCUT2D eigenvalue weighted by molar-refractivity contribution is 0.477. The van der Waals surface area contributed by atoms with Gasteiger partial charge in [-0.15, -0.1) is 0 Å². The maximum absolute atomic E-state index is 6.75. The molecule has 0 unspecified atom stereocenters. The van der Waals surface area contributed by atoms with Crippen molar-refractivity contribution in [2.24, 2.45) is 0 Å². The number of nitrogens with zero attached hydrogens (tertiary/aromatic N) is 2. The molecular weight excluding hydrogens is 649 g/mol. The van der Waals surface area contributed by atoms with E-state index >= 15 is 0 Å². The highest BCUT2D eigenvalue weighted by atomic mass is 16.5. The summed E-state index contributed by atoms with van der Waals surface area (Å²) in [6.07, 6.45) is 0. The molecule has 2 aliphatic rings. The standard InChI is InChI=1S/C49H34N2O2/c1-49(2)41-15-7-5-13-37(41)40-28-34(22-25-42(40)49)50(33-20-19-31-11-3-4-12-32(31)27-33)35-23-26-44-48(30-35)53-46-18-10-8-16-43(46)51(44)36-21-24-39-38-14-6-9-17-45(38)52-47(39)29-36/h3-30H,1-2H3. The van der Waals surface area contributed by atoms with Gasteiger partial charge in [-0.05, 0) is 99.8 Å². The normalized spacial score (nSPS) is 13.7. The number of benzene rings is 8. The SMILES string of the molecule is CC1(C)c2ccccc2-c2cc(N(c3ccc4c(c3)Oc3ccccc3N4c3ccc4c(c3)oc3ccccc34)c3ccc4ccccc4c3)ccc21. The molecule has 0 saturated carbocycles. The third-order valence-corrected chi connectivity index (χ3v) is 11.2. The monoisotopic (exact) mass is 682 g/mol. The minimum absolute atomic E-state index is 0.0693. The van der Waals surface area contributed by atoms with Gasteiger partial charge in [0.25, 0.3) is 0 Å². The van der Waals surface area contributed by atoms with E-state index in [9.17, 15) is 0 Å². The van der Waals surface area contributed by atoms with Gasteiger partial charge in [0, 0.05) is 45.4 Å². The van der Waals surface area contributed by atoms with Gasteiger partial charge in [-0.2, -0.15) is 0 Å². The fourth-order valence-corrected chi connectivity index (χ4v) is 8.63. The van der Waals surface area contributed by atoms with Crippen LogP contribution in [0.25, 0.3) is 43.8 Å². The molecular formula is C49H34N2O2. The van der Waals surface area contributed by atoms with E-state index in [-0.39, 0.29) is 5.41 Å². The van der Waals surface area contributed by atoms with Crippen molar-refractivity contribution in [3.8, 4) is 22.6 Å². The van der Waals surface area contributed by atoms with Gasteiger partial charge < -0.3 is 19.0 Å². The largest absolute Gasteiger partial charge is 0.456 e. The van der Waals surface area contributed by atoms with Crippen molar-refractivity contribution >= 4 is 66.8 Å². The summed E-state index contributed by atoms with van der Waals surface area (Å²) in [5, 5.41) is 4.63. The second kappa shape index (κ2) is 11.1. The maximum Gasteiger partial charge on any atom is 0.153 e. The highest BCUT2D eigenvalue weighted by molar-refractivity contribution is 6.06. The van der Waals surface area contributed by atoms with E-state index in [1.54, 1.807) is 0 Å². The van der Waals surface area contributed by atoms with E-state index in [1.165, 1.54) is 33.0 Å². The first-order chi connectivity index (χ1) is 26.0. The van der Waals surface area contributed by atoms with Gasteiger partial charge in [-0.25, -0.2) is 0 Å². The second-order valence-electron chi connectivity index (χ2n) is 14.6. The van der Waals surface area contributed by atoms with Gasteiger partial charge in [0.2, 0.25) is 0 Å². The maximum atomic E-state index is 6.75. The Hall–Kier alpha value is -6.78. The summed E-state index contributed by atoms with van der Waals surface area (Å²) in [6, 6.07) is 60.5. The van der Waals surface area contributed by atoms with Gasteiger partial charge in [0.1, 0.15) is 11.2 Å². The van der Waals surface area contributed by atoms with Crippen LogP contribution >= 0.6 is 0 Å². The Morgan fingerprint density at radius 1 is 0.472 bits per heavy atom. The van der Waals surface area contributed by atoms with E-state index in [0.717, 1.165) is 67.6 Å². The third-order valence-electron chi connectivity index (χ3n) is 11.2. The summed E-state index contributed by atoms with van der Waals surface area (Å²) in [5.41, 5.74) is 13.1. The average Bonchev–Trinajstić information content (AvgIpc) is 3.68. The fraction of sp³-hybridized carbons (Fsp3) is 0.0612. The molecule has 4 nitrogen and oxygen atoms in total. The van der Waals surface area contributed by atoms with E-state index in [2.05, 4.69) is 169 Å². The Labute approximate surface area is 307 Å². The topological polar surface area (TPSA) is 28.9 Å². The molecule has 0 amide bonds. The van der Waals surface area contributed by atoms with Crippen LogP contribution in [0, 0.1) is 0 Å². The van der Waals surface area contributed by atoms with Crippen molar-refractivity contribution in [2.75, 3.05) is 9.80 Å². The molecule has 252 valence electrons. The molecule has 0 spiro atoms. The van der Waals surface area contributed by atoms with Crippen LogP contribution < -0.4 is 14.5 Å². The second-order valence-corrected chi connectivity index (χ2v) is 14.6. The predicted molar refractivity (Wildman–Crippen MR) is 218 cm³/mol. The fourth-order valence-electron chi connectivity index (χ4n) is 8.63. The molecule has 4 heteroatoms. The molecule has 8 aromatic carbocycles. The Kier molecular flexibility index (Phi) is 6.27. The lowest BCUT2D eigenvalue weighted by atomic mass is 9.82. The lowest BCUT2D eigenvalue weighted by Gasteiger charge is -2.34. The van der Waals surface area contributed by atoms with Crippen LogP contribution in [0.2, 0.25) is 0 Å². The van der Waals surface area contributed by atoms with E-state index < -0.39 is 0 Å². The van der Waals surface area contributed by atoms with Crippen molar-refractivity contribution in [2.45, 2.75) is 19.3 Å². The summed E-state index contributed by atoms with van der Waals surface area (Å²) >= 11 is 0. The van der Waals surface area contributed by atoms with E-state index in [0.29, 0.717) is 0 Å². The molecule has 53 heavy (non-hydrogen) atoms.